The Labute approximate surface area is 174 Å². The molecule has 0 saturated heterocycles. The van der Waals surface area contributed by atoms with Gasteiger partial charge in [-0.15, -0.1) is 11.3 Å². The molecule has 0 bridgehead atoms. The summed E-state index contributed by atoms with van der Waals surface area (Å²) in [6, 6.07) is 13.9. The maximum Gasteiger partial charge on any atom is 0.207 e. The summed E-state index contributed by atoms with van der Waals surface area (Å²) in [6.45, 7) is 2.04. The summed E-state index contributed by atoms with van der Waals surface area (Å²) in [5, 5.41) is 9.66. The number of rotatable bonds is 6. The largest absolute Gasteiger partial charge is 0.497 e. The lowest BCUT2D eigenvalue weighted by Crippen LogP contribution is -2.19. The van der Waals surface area contributed by atoms with Gasteiger partial charge >= 0.3 is 0 Å². The van der Waals surface area contributed by atoms with Gasteiger partial charge in [0, 0.05) is 28.6 Å². The van der Waals surface area contributed by atoms with Crippen molar-refractivity contribution in [2.24, 2.45) is 5.10 Å². The molecule has 1 aliphatic rings. The molecule has 6 nitrogen and oxygen atoms in total. The maximum absolute atomic E-state index is 5.66. The lowest BCUT2D eigenvalue weighted by atomic mass is 10.0. The van der Waals surface area contributed by atoms with Crippen LogP contribution in [0.2, 0.25) is 0 Å². The summed E-state index contributed by atoms with van der Waals surface area (Å²) in [6.07, 6.45) is 0.807. The van der Waals surface area contributed by atoms with Crippen LogP contribution in [0.4, 0.5) is 5.13 Å². The summed E-state index contributed by atoms with van der Waals surface area (Å²) in [5.74, 6) is 2.28. The minimum Gasteiger partial charge on any atom is -0.497 e. The Morgan fingerprint density at radius 2 is 1.79 bits per heavy atom. The molecular formula is C22H23N3O3S. The third-order valence-corrected chi connectivity index (χ3v) is 5.76. The van der Waals surface area contributed by atoms with Crippen LogP contribution >= 0.6 is 11.3 Å². The van der Waals surface area contributed by atoms with Gasteiger partial charge in [-0.2, -0.15) is 5.10 Å². The van der Waals surface area contributed by atoms with Crippen LogP contribution in [0.25, 0.3) is 11.3 Å². The fourth-order valence-electron chi connectivity index (χ4n) is 3.52. The average molecular weight is 410 g/mol. The van der Waals surface area contributed by atoms with Gasteiger partial charge in [-0.25, -0.2) is 9.99 Å². The Bertz CT molecular complexity index is 1030. The second kappa shape index (κ2) is 8.13. The highest BCUT2D eigenvalue weighted by Gasteiger charge is 2.32. The molecule has 4 rings (SSSR count). The standard InChI is InChI=1S/C22H23N3O3S/c1-14-12-19(17-6-5-7-20(27-3)21(17)28-4)25(24-14)22-23-18(13-29-22)15-8-10-16(26-2)11-9-15/h5-11,13,19H,12H2,1-4H3/t19-/m1/s1. The zero-order valence-electron chi connectivity index (χ0n) is 16.9. The van der Waals surface area contributed by atoms with Crippen LogP contribution in [-0.4, -0.2) is 32.0 Å². The number of ether oxygens (including phenoxy) is 3. The molecule has 0 saturated carbocycles. The molecule has 1 aromatic heterocycles. The van der Waals surface area contributed by atoms with E-state index in [9.17, 15) is 0 Å². The van der Waals surface area contributed by atoms with E-state index >= 15 is 0 Å². The van der Waals surface area contributed by atoms with E-state index in [0.717, 1.165) is 45.6 Å². The number of methoxy groups -OCH3 is 3. The monoisotopic (exact) mass is 409 g/mol. The Morgan fingerprint density at radius 1 is 1.00 bits per heavy atom. The number of hydrogen-bond donors (Lipinski definition) is 0. The van der Waals surface area contributed by atoms with E-state index in [2.05, 4.69) is 11.4 Å². The number of aromatic nitrogens is 1. The van der Waals surface area contributed by atoms with E-state index in [1.807, 2.05) is 48.3 Å². The fourth-order valence-corrected chi connectivity index (χ4v) is 4.35. The van der Waals surface area contributed by atoms with Crippen molar-refractivity contribution >= 4 is 22.2 Å². The number of hydrogen-bond acceptors (Lipinski definition) is 7. The van der Waals surface area contributed by atoms with Crippen LogP contribution < -0.4 is 19.2 Å². The van der Waals surface area contributed by atoms with E-state index in [-0.39, 0.29) is 6.04 Å². The molecule has 3 aromatic rings. The first kappa shape index (κ1) is 19.3. The highest BCUT2D eigenvalue weighted by atomic mass is 32.1. The molecule has 0 radical (unpaired) electrons. The normalized spacial score (nSPS) is 15.9. The van der Waals surface area contributed by atoms with E-state index < -0.39 is 0 Å². The van der Waals surface area contributed by atoms with Crippen molar-refractivity contribution in [2.45, 2.75) is 19.4 Å². The van der Waals surface area contributed by atoms with Crippen LogP contribution in [0.1, 0.15) is 24.9 Å². The highest BCUT2D eigenvalue weighted by Crippen LogP contribution is 2.43. The van der Waals surface area contributed by atoms with Gasteiger partial charge in [0.15, 0.2) is 11.5 Å². The predicted octanol–water partition coefficient (Wildman–Crippen LogP) is 5.16. The molecule has 0 spiro atoms. The topological polar surface area (TPSA) is 56.2 Å². The summed E-state index contributed by atoms with van der Waals surface area (Å²) >= 11 is 1.58. The van der Waals surface area contributed by atoms with Gasteiger partial charge in [0.05, 0.1) is 33.1 Å². The maximum atomic E-state index is 5.66. The van der Waals surface area contributed by atoms with Crippen molar-refractivity contribution in [3.8, 4) is 28.5 Å². The van der Waals surface area contributed by atoms with Gasteiger partial charge in [0.1, 0.15) is 5.75 Å². The second-order valence-electron chi connectivity index (χ2n) is 6.73. The minimum absolute atomic E-state index is 0.00918. The Hall–Kier alpha value is -3.06. The SMILES string of the molecule is COc1ccc(-c2csc(N3N=C(C)C[C@@H]3c3cccc(OC)c3OC)n2)cc1. The summed E-state index contributed by atoms with van der Waals surface area (Å²) in [4.78, 5) is 4.85. The van der Waals surface area contributed by atoms with Crippen molar-refractivity contribution in [1.29, 1.82) is 0 Å². The van der Waals surface area contributed by atoms with Crippen molar-refractivity contribution in [3.63, 3.8) is 0 Å². The third kappa shape index (κ3) is 3.65. The fraction of sp³-hybridized carbons (Fsp3) is 0.273. The van der Waals surface area contributed by atoms with Crippen LogP contribution in [0, 0.1) is 0 Å². The molecular weight excluding hydrogens is 386 g/mol. The van der Waals surface area contributed by atoms with Crippen molar-refractivity contribution in [3.05, 3.63) is 53.4 Å². The second-order valence-corrected chi connectivity index (χ2v) is 7.56. The van der Waals surface area contributed by atoms with Crippen LogP contribution in [0.5, 0.6) is 17.2 Å². The number of nitrogens with zero attached hydrogens (tertiary/aromatic N) is 3. The molecule has 2 aromatic carbocycles. The van der Waals surface area contributed by atoms with Crippen molar-refractivity contribution < 1.29 is 14.2 Å². The molecule has 7 heteroatoms. The van der Waals surface area contributed by atoms with Crippen molar-refractivity contribution in [1.82, 2.24) is 4.98 Å². The van der Waals surface area contributed by atoms with E-state index in [1.54, 1.807) is 32.7 Å². The number of thiazole rings is 1. The Balaban J connectivity index is 1.68. The third-order valence-electron chi connectivity index (χ3n) is 4.93. The number of hydrazone groups is 1. The number of anilines is 1. The smallest absolute Gasteiger partial charge is 0.207 e. The lowest BCUT2D eigenvalue weighted by Gasteiger charge is -2.24. The molecule has 2 heterocycles. The minimum atomic E-state index is 0.00918. The first-order chi connectivity index (χ1) is 14.1. The first-order valence-electron chi connectivity index (χ1n) is 9.28. The van der Waals surface area contributed by atoms with Gasteiger partial charge in [-0.05, 0) is 37.3 Å². The molecule has 1 aliphatic heterocycles. The van der Waals surface area contributed by atoms with Gasteiger partial charge in [-0.1, -0.05) is 12.1 Å². The van der Waals surface area contributed by atoms with E-state index in [1.165, 1.54) is 0 Å². The predicted molar refractivity (Wildman–Crippen MR) is 117 cm³/mol. The average Bonchev–Trinajstić information content (AvgIpc) is 3.39. The van der Waals surface area contributed by atoms with Gasteiger partial charge in [0.25, 0.3) is 0 Å². The van der Waals surface area contributed by atoms with Crippen LogP contribution in [0.3, 0.4) is 0 Å². The molecule has 150 valence electrons. The van der Waals surface area contributed by atoms with Crippen molar-refractivity contribution in [2.75, 3.05) is 26.3 Å². The lowest BCUT2D eigenvalue weighted by molar-refractivity contribution is 0.349. The van der Waals surface area contributed by atoms with E-state index in [0.29, 0.717) is 5.75 Å². The Morgan fingerprint density at radius 3 is 2.48 bits per heavy atom. The first-order valence-corrected chi connectivity index (χ1v) is 10.2. The number of benzene rings is 2. The summed E-state index contributed by atoms with van der Waals surface area (Å²) in [5.41, 5.74) is 4.06. The highest BCUT2D eigenvalue weighted by molar-refractivity contribution is 7.14. The molecule has 0 N–H and O–H groups in total. The summed E-state index contributed by atoms with van der Waals surface area (Å²) in [7, 11) is 4.98. The quantitative estimate of drug-likeness (QED) is 0.563. The molecule has 0 unspecified atom stereocenters. The van der Waals surface area contributed by atoms with Crippen LogP contribution in [-0.2, 0) is 0 Å². The molecule has 0 aliphatic carbocycles. The van der Waals surface area contributed by atoms with Gasteiger partial charge in [-0.3, -0.25) is 0 Å². The number of para-hydroxylation sites is 1. The zero-order valence-corrected chi connectivity index (χ0v) is 17.7. The van der Waals surface area contributed by atoms with Crippen LogP contribution in [0.15, 0.2) is 52.9 Å². The Kier molecular flexibility index (Phi) is 5.40. The molecule has 0 fully saturated rings. The summed E-state index contributed by atoms with van der Waals surface area (Å²) < 4.78 is 16.4. The van der Waals surface area contributed by atoms with Gasteiger partial charge < -0.3 is 14.2 Å². The molecule has 1 atom stereocenters. The van der Waals surface area contributed by atoms with E-state index in [4.69, 9.17) is 24.3 Å². The molecule has 29 heavy (non-hydrogen) atoms. The molecule has 0 amide bonds. The zero-order chi connectivity index (χ0) is 20.4. The van der Waals surface area contributed by atoms with Gasteiger partial charge in [0.2, 0.25) is 5.13 Å².